The van der Waals surface area contributed by atoms with Gasteiger partial charge in [-0.25, -0.2) is 9.97 Å². The van der Waals surface area contributed by atoms with E-state index in [9.17, 15) is 0 Å². The standard InChI is InChI=1S/C13H13BrIN3OS/c1-19-6-10-12(15)13(16)18-11(17-10)7-20-9-4-2-8(14)3-5-9/h2-5H,6-7H2,1H3,(H2,16,17,18). The lowest BCUT2D eigenvalue weighted by molar-refractivity contribution is 0.180. The maximum Gasteiger partial charge on any atom is 0.141 e. The lowest BCUT2D eigenvalue weighted by Crippen LogP contribution is -2.07. The number of benzene rings is 1. The molecule has 2 aromatic rings. The Kier molecular flexibility index (Phi) is 6.06. The zero-order valence-corrected chi connectivity index (χ0v) is 15.3. The summed E-state index contributed by atoms with van der Waals surface area (Å²) in [5.74, 6) is 1.92. The fraction of sp³-hybridized carbons (Fsp3) is 0.231. The minimum absolute atomic E-state index is 0.445. The summed E-state index contributed by atoms with van der Waals surface area (Å²) in [5, 5.41) is 0. The van der Waals surface area contributed by atoms with Gasteiger partial charge in [-0.2, -0.15) is 0 Å². The molecule has 0 unspecified atom stereocenters. The highest BCUT2D eigenvalue weighted by Gasteiger charge is 2.10. The quantitative estimate of drug-likeness (QED) is 0.536. The molecule has 2 N–H and O–H groups in total. The summed E-state index contributed by atoms with van der Waals surface area (Å²) in [6, 6.07) is 8.14. The molecule has 0 saturated heterocycles. The van der Waals surface area contributed by atoms with Gasteiger partial charge in [0, 0.05) is 16.5 Å². The highest BCUT2D eigenvalue weighted by molar-refractivity contribution is 14.1. The summed E-state index contributed by atoms with van der Waals surface area (Å²) < 4.78 is 7.06. The number of aromatic nitrogens is 2. The Labute approximate surface area is 144 Å². The van der Waals surface area contributed by atoms with Crippen LogP contribution in [0.3, 0.4) is 0 Å². The van der Waals surface area contributed by atoms with Gasteiger partial charge in [0.05, 0.1) is 21.6 Å². The van der Waals surface area contributed by atoms with Crippen LogP contribution in [0.15, 0.2) is 33.6 Å². The third-order valence-corrected chi connectivity index (χ3v) is 5.17. The number of halogens is 2. The van der Waals surface area contributed by atoms with E-state index in [4.69, 9.17) is 10.5 Å². The Morgan fingerprint density at radius 2 is 2.00 bits per heavy atom. The second-order valence-corrected chi connectivity index (χ2v) is 7.00. The Morgan fingerprint density at radius 1 is 1.30 bits per heavy atom. The first-order valence-electron chi connectivity index (χ1n) is 5.78. The number of methoxy groups -OCH3 is 1. The van der Waals surface area contributed by atoms with Gasteiger partial charge in [0.25, 0.3) is 0 Å². The maximum absolute atomic E-state index is 5.91. The summed E-state index contributed by atoms with van der Waals surface area (Å²) in [6.45, 7) is 0.445. The number of anilines is 1. The topological polar surface area (TPSA) is 61.0 Å². The molecule has 20 heavy (non-hydrogen) atoms. The van der Waals surface area contributed by atoms with E-state index >= 15 is 0 Å². The molecule has 0 fully saturated rings. The molecule has 7 heteroatoms. The van der Waals surface area contributed by atoms with Gasteiger partial charge >= 0.3 is 0 Å². The molecule has 0 radical (unpaired) electrons. The summed E-state index contributed by atoms with van der Waals surface area (Å²) in [6.07, 6.45) is 0. The van der Waals surface area contributed by atoms with Gasteiger partial charge in [0.1, 0.15) is 11.6 Å². The van der Waals surface area contributed by atoms with Crippen molar-refractivity contribution in [2.45, 2.75) is 17.3 Å². The van der Waals surface area contributed by atoms with E-state index < -0.39 is 0 Å². The fourth-order valence-corrected chi connectivity index (χ4v) is 2.96. The van der Waals surface area contributed by atoms with Gasteiger partial charge < -0.3 is 10.5 Å². The van der Waals surface area contributed by atoms with Crippen LogP contribution in [0.1, 0.15) is 11.5 Å². The van der Waals surface area contributed by atoms with Crippen LogP contribution in [0.25, 0.3) is 0 Å². The van der Waals surface area contributed by atoms with E-state index in [1.165, 1.54) is 4.90 Å². The van der Waals surface area contributed by atoms with E-state index in [2.05, 4.69) is 60.6 Å². The third-order valence-electron chi connectivity index (χ3n) is 2.45. The Bertz CT molecular complexity index is 595. The summed E-state index contributed by atoms with van der Waals surface area (Å²) >= 11 is 7.25. The predicted octanol–water partition coefficient (Wildman–Crippen LogP) is 3.86. The third kappa shape index (κ3) is 4.31. The molecular weight excluding hydrogens is 453 g/mol. The van der Waals surface area contributed by atoms with Crippen molar-refractivity contribution < 1.29 is 4.74 Å². The zero-order valence-electron chi connectivity index (χ0n) is 10.8. The van der Waals surface area contributed by atoms with Gasteiger partial charge in [0.15, 0.2) is 0 Å². The molecule has 106 valence electrons. The van der Waals surface area contributed by atoms with Crippen LogP contribution in [-0.4, -0.2) is 17.1 Å². The summed E-state index contributed by atoms with van der Waals surface area (Å²) in [5.41, 5.74) is 6.75. The molecule has 1 aromatic heterocycles. The number of thioether (sulfide) groups is 1. The smallest absolute Gasteiger partial charge is 0.141 e. The summed E-state index contributed by atoms with van der Waals surface area (Å²) in [4.78, 5) is 9.99. The lowest BCUT2D eigenvalue weighted by Gasteiger charge is -2.08. The Morgan fingerprint density at radius 3 is 2.65 bits per heavy atom. The van der Waals surface area contributed by atoms with Crippen molar-refractivity contribution in [3.8, 4) is 0 Å². The monoisotopic (exact) mass is 465 g/mol. The van der Waals surface area contributed by atoms with Crippen LogP contribution in [-0.2, 0) is 17.1 Å². The first kappa shape index (κ1) is 16.0. The minimum atomic E-state index is 0.445. The van der Waals surface area contributed by atoms with Crippen LogP contribution in [0, 0.1) is 3.57 Å². The largest absolute Gasteiger partial charge is 0.383 e. The second-order valence-electron chi connectivity index (χ2n) is 3.96. The molecule has 0 aliphatic carbocycles. The molecule has 1 heterocycles. The van der Waals surface area contributed by atoms with E-state index in [0.717, 1.165) is 19.6 Å². The molecule has 0 spiro atoms. The molecule has 0 aliphatic rings. The van der Waals surface area contributed by atoms with E-state index in [0.29, 0.717) is 18.2 Å². The van der Waals surface area contributed by atoms with Gasteiger partial charge in [-0.1, -0.05) is 15.9 Å². The van der Waals surface area contributed by atoms with Crippen LogP contribution in [0.2, 0.25) is 0 Å². The van der Waals surface area contributed by atoms with Crippen molar-refractivity contribution in [2.24, 2.45) is 0 Å². The van der Waals surface area contributed by atoms with Crippen molar-refractivity contribution in [1.29, 1.82) is 0 Å². The number of nitrogens with zero attached hydrogens (tertiary/aromatic N) is 2. The number of rotatable bonds is 5. The SMILES string of the molecule is COCc1nc(CSc2ccc(Br)cc2)nc(N)c1I. The van der Waals surface area contributed by atoms with E-state index in [1.54, 1.807) is 18.9 Å². The average molecular weight is 466 g/mol. The molecule has 0 amide bonds. The molecular formula is C13H13BrIN3OS. The molecule has 1 aromatic carbocycles. The molecule has 0 bridgehead atoms. The highest BCUT2D eigenvalue weighted by atomic mass is 127. The fourth-order valence-electron chi connectivity index (χ4n) is 1.54. The number of nitrogens with two attached hydrogens (primary N) is 1. The maximum atomic E-state index is 5.91. The van der Waals surface area contributed by atoms with Crippen molar-refractivity contribution >= 4 is 56.1 Å². The van der Waals surface area contributed by atoms with Crippen LogP contribution < -0.4 is 5.73 Å². The van der Waals surface area contributed by atoms with E-state index in [1.807, 2.05) is 12.1 Å². The molecule has 4 nitrogen and oxygen atoms in total. The summed E-state index contributed by atoms with van der Waals surface area (Å²) in [7, 11) is 1.64. The Hall–Kier alpha value is -0.380. The molecule has 0 atom stereocenters. The zero-order chi connectivity index (χ0) is 14.5. The molecule has 2 rings (SSSR count). The van der Waals surface area contributed by atoms with Crippen LogP contribution in [0.4, 0.5) is 5.82 Å². The van der Waals surface area contributed by atoms with E-state index in [-0.39, 0.29) is 0 Å². The van der Waals surface area contributed by atoms with Crippen LogP contribution in [0.5, 0.6) is 0 Å². The average Bonchev–Trinajstić information content (AvgIpc) is 2.44. The number of hydrogen-bond acceptors (Lipinski definition) is 5. The normalized spacial score (nSPS) is 10.8. The first-order valence-corrected chi connectivity index (χ1v) is 8.64. The lowest BCUT2D eigenvalue weighted by atomic mass is 10.4. The first-order chi connectivity index (χ1) is 9.60. The predicted molar refractivity (Wildman–Crippen MR) is 93.6 cm³/mol. The number of nitrogen functional groups attached to an aromatic ring is 1. The number of ether oxygens (including phenoxy) is 1. The minimum Gasteiger partial charge on any atom is -0.383 e. The number of hydrogen-bond donors (Lipinski definition) is 1. The van der Waals surface area contributed by atoms with Crippen molar-refractivity contribution in [2.75, 3.05) is 12.8 Å². The van der Waals surface area contributed by atoms with Gasteiger partial charge in [-0.3, -0.25) is 0 Å². The highest BCUT2D eigenvalue weighted by Crippen LogP contribution is 2.25. The molecule has 0 aliphatic heterocycles. The van der Waals surface area contributed by atoms with Crippen molar-refractivity contribution in [3.05, 3.63) is 43.8 Å². The van der Waals surface area contributed by atoms with Gasteiger partial charge in [-0.05, 0) is 46.9 Å². The Balaban J connectivity index is 2.11. The van der Waals surface area contributed by atoms with Crippen LogP contribution >= 0.6 is 50.3 Å². The van der Waals surface area contributed by atoms with Crippen molar-refractivity contribution in [3.63, 3.8) is 0 Å². The molecule has 0 saturated carbocycles. The van der Waals surface area contributed by atoms with Crippen molar-refractivity contribution in [1.82, 2.24) is 9.97 Å². The van der Waals surface area contributed by atoms with Gasteiger partial charge in [-0.15, -0.1) is 11.8 Å². The second kappa shape index (κ2) is 7.58. The van der Waals surface area contributed by atoms with Gasteiger partial charge in [0.2, 0.25) is 0 Å².